The Balaban J connectivity index is 1.31. The van der Waals surface area contributed by atoms with Gasteiger partial charge in [0.2, 0.25) is 0 Å². The number of aromatic nitrogens is 4. The molecular weight excluding hydrogens is 422 g/mol. The quantitative estimate of drug-likeness (QED) is 0.347. The SMILES string of the molecule is c1ccc(Cc2nc(CSc3nnc(CN4CCCC4)n3-c3ccccc3)cs2)cc1. The van der Waals surface area contributed by atoms with Crippen molar-refractivity contribution in [2.45, 2.75) is 36.7 Å². The van der Waals surface area contributed by atoms with Gasteiger partial charge in [0.25, 0.3) is 0 Å². The average molecular weight is 448 g/mol. The predicted octanol–water partition coefficient (Wildman–Crippen LogP) is 5.20. The summed E-state index contributed by atoms with van der Waals surface area (Å²) in [7, 11) is 0. The van der Waals surface area contributed by atoms with Crippen LogP contribution in [-0.2, 0) is 18.7 Å². The molecule has 3 heterocycles. The lowest BCUT2D eigenvalue weighted by atomic mass is 10.2. The molecule has 1 fully saturated rings. The number of rotatable bonds is 8. The van der Waals surface area contributed by atoms with Crippen molar-refractivity contribution in [1.82, 2.24) is 24.6 Å². The van der Waals surface area contributed by atoms with Crippen LogP contribution in [0.2, 0.25) is 0 Å². The molecule has 1 aliphatic rings. The molecule has 7 heteroatoms. The first-order valence-electron chi connectivity index (χ1n) is 10.7. The summed E-state index contributed by atoms with van der Waals surface area (Å²) in [6, 6.07) is 21.0. The second-order valence-corrected chi connectivity index (χ2v) is 9.62. The second-order valence-electron chi connectivity index (χ2n) is 7.74. The lowest BCUT2D eigenvalue weighted by molar-refractivity contribution is 0.319. The lowest BCUT2D eigenvalue weighted by Crippen LogP contribution is -2.21. The zero-order chi connectivity index (χ0) is 20.9. The number of benzene rings is 2. The van der Waals surface area contributed by atoms with Gasteiger partial charge in [-0.1, -0.05) is 60.3 Å². The Kier molecular flexibility index (Phi) is 6.43. The highest BCUT2D eigenvalue weighted by Gasteiger charge is 2.19. The van der Waals surface area contributed by atoms with E-state index in [1.165, 1.54) is 18.4 Å². The Labute approximate surface area is 191 Å². The van der Waals surface area contributed by atoms with Crippen LogP contribution in [0.3, 0.4) is 0 Å². The van der Waals surface area contributed by atoms with Gasteiger partial charge in [-0.3, -0.25) is 9.47 Å². The second kappa shape index (κ2) is 9.77. The van der Waals surface area contributed by atoms with Crippen LogP contribution in [0.25, 0.3) is 5.69 Å². The van der Waals surface area contributed by atoms with Crippen molar-refractivity contribution in [2.75, 3.05) is 13.1 Å². The minimum absolute atomic E-state index is 0.792. The molecule has 0 bridgehead atoms. The van der Waals surface area contributed by atoms with Gasteiger partial charge in [0.05, 0.1) is 17.2 Å². The first-order valence-corrected chi connectivity index (χ1v) is 12.5. The van der Waals surface area contributed by atoms with Gasteiger partial charge in [-0.15, -0.1) is 21.5 Å². The summed E-state index contributed by atoms with van der Waals surface area (Å²) in [6.07, 6.45) is 3.43. The molecule has 0 atom stereocenters. The molecule has 0 unspecified atom stereocenters. The first-order chi connectivity index (χ1) is 15.3. The standard InChI is InChI=1S/C24H25N5S2/c1-3-9-19(10-4-1)15-23-25-20(17-30-23)18-31-24-27-26-22(16-28-13-7-8-14-28)29(24)21-11-5-2-6-12-21/h1-6,9-12,17H,7-8,13-16,18H2. The number of thiazole rings is 1. The summed E-state index contributed by atoms with van der Waals surface area (Å²) >= 11 is 3.44. The molecule has 0 saturated carbocycles. The van der Waals surface area contributed by atoms with Crippen LogP contribution in [0, 0.1) is 0 Å². The molecule has 0 amide bonds. The number of hydrogen-bond acceptors (Lipinski definition) is 6. The Morgan fingerprint density at radius 2 is 1.65 bits per heavy atom. The Morgan fingerprint density at radius 3 is 2.42 bits per heavy atom. The summed E-state index contributed by atoms with van der Waals surface area (Å²) in [6.45, 7) is 3.14. The summed E-state index contributed by atoms with van der Waals surface area (Å²) in [4.78, 5) is 7.31. The van der Waals surface area contributed by atoms with Gasteiger partial charge in [-0.25, -0.2) is 4.98 Å². The average Bonchev–Trinajstić information content (AvgIpc) is 3.56. The highest BCUT2D eigenvalue weighted by atomic mass is 32.2. The number of likely N-dealkylation sites (tertiary alicyclic amines) is 1. The van der Waals surface area contributed by atoms with E-state index in [9.17, 15) is 0 Å². The molecule has 1 aliphatic heterocycles. The van der Waals surface area contributed by atoms with Crippen molar-refractivity contribution in [3.8, 4) is 5.69 Å². The maximum Gasteiger partial charge on any atom is 0.196 e. The number of thioether (sulfide) groups is 1. The highest BCUT2D eigenvalue weighted by molar-refractivity contribution is 7.98. The first kappa shape index (κ1) is 20.4. The van der Waals surface area contributed by atoms with E-state index < -0.39 is 0 Å². The summed E-state index contributed by atoms with van der Waals surface area (Å²) < 4.78 is 2.21. The fourth-order valence-corrected chi connectivity index (χ4v) is 5.68. The van der Waals surface area contributed by atoms with E-state index >= 15 is 0 Å². The van der Waals surface area contributed by atoms with Crippen LogP contribution in [0.1, 0.15) is 34.9 Å². The molecule has 2 aromatic heterocycles. The molecule has 31 heavy (non-hydrogen) atoms. The van der Waals surface area contributed by atoms with E-state index in [0.29, 0.717) is 0 Å². The molecule has 4 aromatic rings. The minimum atomic E-state index is 0.792. The van der Waals surface area contributed by atoms with E-state index in [0.717, 1.165) is 59.2 Å². The lowest BCUT2D eigenvalue weighted by Gasteiger charge is -2.15. The molecular formula is C24H25N5S2. The van der Waals surface area contributed by atoms with Crippen LogP contribution in [0.5, 0.6) is 0 Å². The molecule has 0 aliphatic carbocycles. The Bertz CT molecular complexity index is 1100. The van der Waals surface area contributed by atoms with E-state index in [4.69, 9.17) is 4.98 Å². The molecule has 0 N–H and O–H groups in total. The molecule has 0 spiro atoms. The Hall–Kier alpha value is -2.48. The molecule has 1 saturated heterocycles. The van der Waals surface area contributed by atoms with Crippen molar-refractivity contribution in [3.63, 3.8) is 0 Å². The van der Waals surface area contributed by atoms with Crippen LogP contribution < -0.4 is 0 Å². The monoisotopic (exact) mass is 447 g/mol. The van der Waals surface area contributed by atoms with E-state index in [1.54, 1.807) is 23.1 Å². The highest BCUT2D eigenvalue weighted by Crippen LogP contribution is 2.27. The van der Waals surface area contributed by atoms with Gasteiger partial charge < -0.3 is 0 Å². The third-order valence-electron chi connectivity index (χ3n) is 5.43. The van der Waals surface area contributed by atoms with Crippen LogP contribution >= 0.6 is 23.1 Å². The third kappa shape index (κ3) is 5.06. The number of para-hydroxylation sites is 1. The number of hydrogen-bond donors (Lipinski definition) is 0. The van der Waals surface area contributed by atoms with Crippen molar-refractivity contribution < 1.29 is 0 Å². The summed E-state index contributed by atoms with van der Waals surface area (Å²) in [5.74, 6) is 1.80. The van der Waals surface area contributed by atoms with Gasteiger partial charge in [-0.2, -0.15) is 0 Å². The maximum absolute atomic E-state index is 4.85. The minimum Gasteiger partial charge on any atom is -0.296 e. The van der Waals surface area contributed by atoms with E-state index in [-0.39, 0.29) is 0 Å². The van der Waals surface area contributed by atoms with Gasteiger partial charge >= 0.3 is 0 Å². The molecule has 5 nitrogen and oxygen atoms in total. The van der Waals surface area contributed by atoms with Crippen LogP contribution in [-0.4, -0.2) is 37.7 Å². The Morgan fingerprint density at radius 1 is 0.903 bits per heavy atom. The van der Waals surface area contributed by atoms with Crippen molar-refractivity contribution in [2.24, 2.45) is 0 Å². The smallest absolute Gasteiger partial charge is 0.196 e. The summed E-state index contributed by atoms with van der Waals surface area (Å²) in [5.41, 5.74) is 3.52. The van der Waals surface area contributed by atoms with Gasteiger partial charge in [0, 0.05) is 23.2 Å². The number of nitrogens with zero attached hydrogens (tertiary/aromatic N) is 5. The van der Waals surface area contributed by atoms with Crippen LogP contribution in [0.4, 0.5) is 0 Å². The van der Waals surface area contributed by atoms with E-state index in [1.807, 2.05) is 12.1 Å². The largest absolute Gasteiger partial charge is 0.296 e. The molecule has 2 aromatic carbocycles. The van der Waals surface area contributed by atoms with Gasteiger partial charge in [0.1, 0.15) is 0 Å². The fraction of sp³-hybridized carbons (Fsp3) is 0.292. The zero-order valence-corrected chi connectivity index (χ0v) is 19.0. The van der Waals surface area contributed by atoms with E-state index in [2.05, 4.69) is 73.6 Å². The topological polar surface area (TPSA) is 46.8 Å². The maximum atomic E-state index is 4.85. The van der Waals surface area contributed by atoms with Crippen LogP contribution in [0.15, 0.2) is 71.2 Å². The van der Waals surface area contributed by atoms with Crippen molar-refractivity contribution in [1.29, 1.82) is 0 Å². The van der Waals surface area contributed by atoms with Gasteiger partial charge in [-0.05, 0) is 43.6 Å². The van der Waals surface area contributed by atoms with Gasteiger partial charge in [0.15, 0.2) is 11.0 Å². The predicted molar refractivity (Wildman–Crippen MR) is 127 cm³/mol. The third-order valence-corrected chi connectivity index (χ3v) is 7.29. The van der Waals surface area contributed by atoms with Crippen molar-refractivity contribution in [3.05, 3.63) is 88.1 Å². The molecule has 158 valence electrons. The molecule has 0 radical (unpaired) electrons. The summed E-state index contributed by atoms with van der Waals surface area (Å²) in [5, 5.41) is 13.4. The fourth-order valence-electron chi connectivity index (χ4n) is 3.88. The molecule has 5 rings (SSSR count). The zero-order valence-electron chi connectivity index (χ0n) is 17.4. The normalized spacial score (nSPS) is 14.3. The van der Waals surface area contributed by atoms with Crippen molar-refractivity contribution >= 4 is 23.1 Å².